The van der Waals surface area contributed by atoms with E-state index in [1.165, 1.54) is 18.1 Å². The van der Waals surface area contributed by atoms with Gasteiger partial charge in [-0.15, -0.1) is 0 Å². The van der Waals surface area contributed by atoms with Crippen LogP contribution < -0.4 is 0 Å². The summed E-state index contributed by atoms with van der Waals surface area (Å²) in [6.07, 6.45) is 0. The van der Waals surface area contributed by atoms with Gasteiger partial charge < -0.3 is 0 Å². The van der Waals surface area contributed by atoms with Gasteiger partial charge in [-0.25, -0.2) is 0 Å². The van der Waals surface area contributed by atoms with E-state index in [0.29, 0.717) is 10.8 Å². The molecule has 0 heterocycles. The van der Waals surface area contributed by atoms with Gasteiger partial charge in [0, 0.05) is 0 Å². The van der Waals surface area contributed by atoms with Gasteiger partial charge in [0.05, 0.1) is 8.07 Å². The fourth-order valence-electron chi connectivity index (χ4n) is 3.75. The Morgan fingerprint density at radius 2 is 1.12 bits per heavy atom. The Morgan fingerprint density at radius 3 is 1.31 bits per heavy atom. The van der Waals surface area contributed by atoms with E-state index in [9.17, 15) is 0 Å². The predicted octanol–water partition coefficient (Wildman–Crippen LogP) is 5.81. The van der Waals surface area contributed by atoms with Crippen LogP contribution in [0.4, 0.5) is 0 Å². The highest BCUT2D eigenvalue weighted by atomic mass is 28.3. The molecule has 0 saturated carbocycles. The Balaban J connectivity index is 4.75. The SMILES string of the molecule is CC(C)C[Si](C)(CC(C)(C)C)CC(C)(C)C. The molecule has 0 fully saturated rings. The zero-order valence-corrected chi connectivity index (χ0v) is 14.2. The van der Waals surface area contributed by atoms with Gasteiger partial charge in [-0.3, -0.25) is 0 Å². The van der Waals surface area contributed by atoms with E-state index >= 15 is 0 Å². The third kappa shape index (κ3) is 8.38. The summed E-state index contributed by atoms with van der Waals surface area (Å²) < 4.78 is 0. The van der Waals surface area contributed by atoms with Crippen molar-refractivity contribution in [2.24, 2.45) is 16.7 Å². The first-order chi connectivity index (χ1) is 6.83. The van der Waals surface area contributed by atoms with Gasteiger partial charge in [0.15, 0.2) is 0 Å². The molecule has 0 rings (SSSR count). The average molecular weight is 243 g/mol. The minimum absolute atomic E-state index is 0.501. The number of hydrogen-bond donors (Lipinski definition) is 0. The molecule has 1 heteroatoms. The molecule has 0 amide bonds. The maximum atomic E-state index is 2.63. The largest absolute Gasteiger partial charge is 0.0691 e. The second-order valence-electron chi connectivity index (χ2n) is 8.88. The third-order valence-electron chi connectivity index (χ3n) is 2.82. The lowest BCUT2D eigenvalue weighted by Crippen LogP contribution is -2.39. The van der Waals surface area contributed by atoms with Gasteiger partial charge in [-0.2, -0.15) is 0 Å². The van der Waals surface area contributed by atoms with E-state index in [1.807, 2.05) is 0 Å². The van der Waals surface area contributed by atoms with Crippen molar-refractivity contribution in [1.29, 1.82) is 0 Å². The number of rotatable bonds is 4. The van der Waals surface area contributed by atoms with Crippen LogP contribution in [0.3, 0.4) is 0 Å². The summed E-state index contributed by atoms with van der Waals surface area (Å²) in [6, 6.07) is 4.42. The van der Waals surface area contributed by atoms with E-state index in [2.05, 4.69) is 61.9 Å². The number of hydrogen-bond acceptors (Lipinski definition) is 0. The van der Waals surface area contributed by atoms with E-state index < -0.39 is 8.07 Å². The lowest BCUT2D eigenvalue weighted by molar-refractivity contribution is 0.429. The Morgan fingerprint density at radius 1 is 0.812 bits per heavy atom. The van der Waals surface area contributed by atoms with Crippen molar-refractivity contribution in [3.8, 4) is 0 Å². The molecule has 0 radical (unpaired) electrons. The average Bonchev–Trinajstić information content (AvgIpc) is 1.69. The zero-order chi connectivity index (χ0) is 13.2. The summed E-state index contributed by atoms with van der Waals surface area (Å²) in [7, 11) is -1.08. The third-order valence-corrected chi connectivity index (χ3v) is 8.45. The van der Waals surface area contributed by atoms with Crippen LogP contribution in [-0.2, 0) is 0 Å². The normalized spacial score (nSPS) is 14.6. The van der Waals surface area contributed by atoms with Crippen LogP contribution in [-0.4, -0.2) is 8.07 Å². The summed E-state index contributed by atoms with van der Waals surface area (Å²) in [5.41, 5.74) is 1.00. The summed E-state index contributed by atoms with van der Waals surface area (Å²) in [5, 5.41) is 0. The van der Waals surface area contributed by atoms with Gasteiger partial charge >= 0.3 is 0 Å². The van der Waals surface area contributed by atoms with Crippen LogP contribution in [0.2, 0.25) is 24.7 Å². The molecule has 0 aromatic carbocycles. The van der Waals surface area contributed by atoms with Gasteiger partial charge in [0.25, 0.3) is 0 Å². The Kier molecular flexibility index (Phi) is 5.32. The smallest absolute Gasteiger partial charge is 0.0517 e. The van der Waals surface area contributed by atoms with Crippen molar-refractivity contribution in [3.63, 3.8) is 0 Å². The molecule has 0 N–H and O–H groups in total. The van der Waals surface area contributed by atoms with Gasteiger partial charge in [-0.1, -0.05) is 80.1 Å². The summed E-state index contributed by atoms with van der Waals surface area (Å²) in [4.78, 5) is 0. The van der Waals surface area contributed by atoms with E-state index in [-0.39, 0.29) is 0 Å². The molecule has 0 aliphatic carbocycles. The molecule has 0 aliphatic rings. The maximum absolute atomic E-state index is 2.63. The lowest BCUT2D eigenvalue weighted by atomic mass is 10.00. The van der Waals surface area contributed by atoms with Crippen LogP contribution >= 0.6 is 0 Å². The van der Waals surface area contributed by atoms with Crippen molar-refractivity contribution >= 4 is 8.07 Å². The monoisotopic (exact) mass is 242 g/mol. The molecule has 98 valence electrons. The van der Waals surface area contributed by atoms with Crippen LogP contribution in [0.5, 0.6) is 0 Å². The fraction of sp³-hybridized carbons (Fsp3) is 1.00. The van der Waals surface area contributed by atoms with E-state index in [1.54, 1.807) is 0 Å². The Labute approximate surface area is 105 Å². The molecule has 16 heavy (non-hydrogen) atoms. The molecule has 0 spiro atoms. The first-order valence-corrected chi connectivity index (χ1v) is 9.95. The lowest BCUT2D eigenvalue weighted by Gasteiger charge is -2.39. The van der Waals surface area contributed by atoms with Crippen molar-refractivity contribution < 1.29 is 0 Å². The van der Waals surface area contributed by atoms with Gasteiger partial charge in [0.2, 0.25) is 0 Å². The Bertz CT molecular complexity index is 186. The molecule has 0 aliphatic heterocycles. The van der Waals surface area contributed by atoms with Crippen LogP contribution in [0.25, 0.3) is 0 Å². The molecular weight excluding hydrogens is 208 g/mol. The highest BCUT2D eigenvalue weighted by Crippen LogP contribution is 2.40. The summed E-state index contributed by atoms with van der Waals surface area (Å²) in [6.45, 7) is 21.8. The van der Waals surface area contributed by atoms with E-state index in [4.69, 9.17) is 0 Å². The quantitative estimate of drug-likeness (QED) is 0.545. The molecule has 0 nitrogen and oxygen atoms in total. The second kappa shape index (κ2) is 5.24. The molecule has 0 aromatic rings. The molecule has 0 unspecified atom stereocenters. The van der Waals surface area contributed by atoms with Crippen LogP contribution in [0, 0.1) is 16.7 Å². The van der Waals surface area contributed by atoms with Crippen molar-refractivity contribution in [1.82, 2.24) is 0 Å². The summed E-state index contributed by atoms with van der Waals surface area (Å²) >= 11 is 0. The van der Waals surface area contributed by atoms with Gasteiger partial charge in [0.1, 0.15) is 0 Å². The first-order valence-electron chi connectivity index (χ1n) is 6.83. The molecule has 0 aromatic heterocycles. The fourth-order valence-corrected chi connectivity index (χ4v) is 11.3. The highest BCUT2D eigenvalue weighted by molar-refractivity contribution is 6.79. The van der Waals surface area contributed by atoms with Crippen molar-refractivity contribution in [2.75, 3.05) is 0 Å². The first kappa shape index (κ1) is 16.2. The highest BCUT2D eigenvalue weighted by Gasteiger charge is 2.36. The van der Waals surface area contributed by atoms with Crippen molar-refractivity contribution in [2.45, 2.75) is 80.1 Å². The molecular formula is C15H34Si. The molecule has 0 atom stereocenters. The molecule has 0 bridgehead atoms. The minimum Gasteiger partial charge on any atom is -0.0691 e. The Hall–Kier alpha value is 0.217. The van der Waals surface area contributed by atoms with Crippen molar-refractivity contribution in [3.05, 3.63) is 0 Å². The van der Waals surface area contributed by atoms with Crippen LogP contribution in [0.1, 0.15) is 55.4 Å². The topological polar surface area (TPSA) is 0 Å². The standard InChI is InChI=1S/C15H34Si/c1-13(2)10-16(9,11-14(3,4)5)12-15(6,7)8/h13H,10-12H2,1-9H3. The second-order valence-corrected chi connectivity index (χ2v) is 13.6. The maximum Gasteiger partial charge on any atom is 0.0517 e. The molecule has 0 saturated heterocycles. The predicted molar refractivity (Wildman–Crippen MR) is 79.8 cm³/mol. The zero-order valence-electron chi connectivity index (χ0n) is 13.2. The minimum atomic E-state index is -1.08. The van der Waals surface area contributed by atoms with Gasteiger partial charge in [-0.05, 0) is 16.7 Å². The van der Waals surface area contributed by atoms with Crippen LogP contribution in [0.15, 0.2) is 0 Å². The van der Waals surface area contributed by atoms with E-state index in [0.717, 1.165) is 5.92 Å². The summed E-state index contributed by atoms with van der Waals surface area (Å²) in [5.74, 6) is 0.862.